The van der Waals surface area contributed by atoms with Gasteiger partial charge in [-0.05, 0) is 32.1 Å². The molecule has 0 spiro atoms. The fraction of sp³-hybridized carbons (Fsp3) is 0.857. The highest BCUT2D eigenvalue weighted by molar-refractivity contribution is 5.85. The van der Waals surface area contributed by atoms with Gasteiger partial charge in [-0.25, -0.2) is 0 Å². The predicted octanol–water partition coefficient (Wildman–Crippen LogP) is 1.80. The van der Waals surface area contributed by atoms with E-state index in [2.05, 4.69) is 0 Å². The third kappa shape index (κ3) is 3.93. The van der Waals surface area contributed by atoms with Gasteiger partial charge in [0, 0.05) is 6.04 Å². The minimum Gasteiger partial charge on any atom is -0.480 e. The predicted molar refractivity (Wildman–Crippen MR) is 69.8 cm³/mol. The molecule has 5 nitrogen and oxygen atoms in total. The first-order valence-electron chi connectivity index (χ1n) is 7.29. The van der Waals surface area contributed by atoms with E-state index in [1.807, 2.05) is 6.92 Å². The molecule has 1 amide bonds. The number of rotatable bonds is 7. The van der Waals surface area contributed by atoms with Crippen LogP contribution in [-0.2, 0) is 14.3 Å². The van der Waals surface area contributed by atoms with Crippen LogP contribution in [0.2, 0.25) is 0 Å². The van der Waals surface area contributed by atoms with Gasteiger partial charge < -0.3 is 14.7 Å². The Morgan fingerprint density at radius 3 is 2.37 bits per heavy atom. The number of carbonyl (C=O) groups is 2. The van der Waals surface area contributed by atoms with Crippen molar-refractivity contribution in [1.29, 1.82) is 0 Å². The van der Waals surface area contributed by atoms with Crippen LogP contribution in [0.15, 0.2) is 0 Å². The molecule has 0 radical (unpaired) electrons. The average molecular weight is 269 g/mol. The summed E-state index contributed by atoms with van der Waals surface area (Å²) in [5.41, 5.74) is 0. The Bertz CT molecular complexity index is 334. The zero-order valence-electron chi connectivity index (χ0n) is 11.5. The molecule has 0 heterocycles. The van der Waals surface area contributed by atoms with Crippen LogP contribution in [-0.4, -0.2) is 46.7 Å². The normalized spacial score (nSPS) is 21.3. The van der Waals surface area contributed by atoms with Crippen molar-refractivity contribution in [2.45, 2.75) is 70.1 Å². The van der Waals surface area contributed by atoms with Crippen molar-refractivity contribution < 1.29 is 19.4 Å². The SMILES string of the molecule is CCC(OC1CCCC1)C(=O)N(CC(=O)O)C1CC1. The van der Waals surface area contributed by atoms with Gasteiger partial charge in [0.2, 0.25) is 0 Å². The van der Waals surface area contributed by atoms with E-state index in [1.54, 1.807) is 0 Å². The summed E-state index contributed by atoms with van der Waals surface area (Å²) in [5, 5.41) is 8.91. The molecule has 0 aromatic heterocycles. The number of aliphatic carboxylic acids is 1. The van der Waals surface area contributed by atoms with Crippen LogP contribution in [0.4, 0.5) is 0 Å². The summed E-state index contributed by atoms with van der Waals surface area (Å²) in [6.07, 6.45) is 6.52. The summed E-state index contributed by atoms with van der Waals surface area (Å²) in [7, 11) is 0. The second-order valence-electron chi connectivity index (χ2n) is 5.53. The molecule has 5 heteroatoms. The maximum absolute atomic E-state index is 12.4. The Morgan fingerprint density at radius 2 is 1.89 bits per heavy atom. The standard InChI is InChI=1S/C14H23NO4/c1-2-12(19-11-5-3-4-6-11)14(18)15(9-13(16)17)10-7-8-10/h10-12H,2-9H2,1H3,(H,16,17). The maximum Gasteiger partial charge on any atom is 0.323 e. The van der Waals surface area contributed by atoms with Crippen LogP contribution >= 0.6 is 0 Å². The monoisotopic (exact) mass is 269 g/mol. The third-order valence-electron chi connectivity index (χ3n) is 3.88. The van der Waals surface area contributed by atoms with E-state index in [-0.39, 0.29) is 24.6 Å². The molecule has 19 heavy (non-hydrogen) atoms. The van der Waals surface area contributed by atoms with Crippen molar-refractivity contribution in [2.75, 3.05) is 6.54 Å². The molecule has 2 saturated carbocycles. The van der Waals surface area contributed by atoms with Gasteiger partial charge in [0.15, 0.2) is 0 Å². The maximum atomic E-state index is 12.4. The molecular formula is C14H23NO4. The highest BCUT2D eigenvalue weighted by Crippen LogP contribution is 2.29. The molecule has 2 aliphatic carbocycles. The van der Waals surface area contributed by atoms with E-state index in [4.69, 9.17) is 9.84 Å². The summed E-state index contributed by atoms with van der Waals surface area (Å²) < 4.78 is 5.88. The number of nitrogens with zero attached hydrogens (tertiary/aromatic N) is 1. The first-order valence-corrected chi connectivity index (χ1v) is 7.29. The summed E-state index contributed by atoms with van der Waals surface area (Å²) in [5.74, 6) is -1.09. The smallest absolute Gasteiger partial charge is 0.323 e. The lowest BCUT2D eigenvalue weighted by atomic mass is 10.2. The molecule has 2 aliphatic rings. The molecule has 2 rings (SSSR count). The van der Waals surface area contributed by atoms with Crippen molar-refractivity contribution in [3.8, 4) is 0 Å². The number of hydrogen-bond acceptors (Lipinski definition) is 3. The lowest BCUT2D eigenvalue weighted by Gasteiger charge is -2.27. The average Bonchev–Trinajstić information content (AvgIpc) is 3.09. The Morgan fingerprint density at radius 1 is 1.26 bits per heavy atom. The van der Waals surface area contributed by atoms with E-state index in [9.17, 15) is 9.59 Å². The van der Waals surface area contributed by atoms with E-state index >= 15 is 0 Å². The number of carbonyl (C=O) groups excluding carboxylic acids is 1. The molecule has 1 N–H and O–H groups in total. The lowest BCUT2D eigenvalue weighted by molar-refractivity contribution is -0.154. The van der Waals surface area contributed by atoms with E-state index in [0.29, 0.717) is 6.42 Å². The van der Waals surface area contributed by atoms with Gasteiger partial charge in [0.25, 0.3) is 5.91 Å². The highest BCUT2D eigenvalue weighted by atomic mass is 16.5. The second kappa shape index (κ2) is 6.37. The zero-order valence-corrected chi connectivity index (χ0v) is 11.5. The highest BCUT2D eigenvalue weighted by Gasteiger charge is 2.37. The molecule has 1 atom stereocenters. The Labute approximate surface area is 113 Å². The van der Waals surface area contributed by atoms with Crippen molar-refractivity contribution in [2.24, 2.45) is 0 Å². The van der Waals surface area contributed by atoms with Crippen LogP contribution in [0.3, 0.4) is 0 Å². The second-order valence-corrected chi connectivity index (χ2v) is 5.53. The lowest BCUT2D eigenvalue weighted by Crippen LogP contribution is -2.45. The molecule has 0 aliphatic heterocycles. The summed E-state index contributed by atoms with van der Waals surface area (Å²) in [4.78, 5) is 24.8. The first kappa shape index (κ1) is 14.3. The number of hydrogen-bond donors (Lipinski definition) is 1. The Balaban J connectivity index is 1.94. The number of carboxylic acids is 1. The van der Waals surface area contributed by atoms with Crippen LogP contribution in [0.5, 0.6) is 0 Å². The van der Waals surface area contributed by atoms with Gasteiger partial charge in [-0.1, -0.05) is 19.8 Å². The number of amides is 1. The third-order valence-corrected chi connectivity index (χ3v) is 3.88. The Hall–Kier alpha value is -1.10. The van der Waals surface area contributed by atoms with E-state index < -0.39 is 12.1 Å². The first-order chi connectivity index (χ1) is 9.11. The molecule has 0 aromatic rings. The summed E-state index contributed by atoms with van der Waals surface area (Å²) in [6.45, 7) is 1.72. The van der Waals surface area contributed by atoms with Crippen molar-refractivity contribution >= 4 is 11.9 Å². The van der Waals surface area contributed by atoms with Crippen LogP contribution in [0.25, 0.3) is 0 Å². The fourth-order valence-electron chi connectivity index (χ4n) is 2.69. The van der Waals surface area contributed by atoms with Crippen LogP contribution < -0.4 is 0 Å². The molecular weight excluding hydrogens is 246 g/mol. The summed E-state index contributed by atoms with van der Waals surface area (Å²) >= 11 is 0. The van der Waals surface area contributed by atoms with Gasteiger partial charge >= 0.3 is 5.97 Å². The zero-order chi connectivity index (χ0) is 13.8. The van der Waals surface area contributed by atoms with Gasteiger partial charge in [0.1, 0.15) is 12.6 Å². The fourth-order valence-corrected chi connectivity index (χ4v) is 2.69. The van der Waals surface area contributed by atoms with Gasteiger partial charge in [-0.2, -0.15) is 0 Å². The molecule has 0 aromatic carbocycles. The van der Waals surface area contributed by atoms with Gasteiger partial charge in [-0.3, -0.25) is 9.59 Å². The van der Waals surface area contributed by atoms with Gasteiger partial charge in [0.05, 0.1) is 6.10 Å². The Kier molecular flexibility index (Phi) is 4.80. The molecule has 0 saturated heterocycles. The quantitative estimate of drug-likeness (QED) is 0.765. The van der Waals surface area contributed by atoms with Crippen molar-refractivity contribution in [3.05, 3.63) is 0 Å². The minimum atomic E-state index is -0.948. The molecule has 108 valence electrons. The number of ether oxygens (including phenoxy) is 1. The number of carboxylic acid groups (broad SMARTS) is 1. The van der Waals surface area contributed by atoms with Crippen molar-refractivity contribution in [3.63, 3.8) is 0 Å². The van der Waals surface area contributed by atoms with E-state index in [0.717, 1.165) is 38.5 Å². The largest absolute Gasteiger partial charge is 0.480 e. The molecule has 0 bridgehead atoms. The van der Waals surface area contributed by atoms with Gasteiger partial charge in [-0.15, -0.1) is 0 Å². The molecule has 1 unspecified atom stereocenters. The van der Waals surface area contributed by atoms with Crippen LogP contribution in [0, 0.1) is 0 Å². The summed E-state index contributed by atoms with van der Waals surface area (Å²) in [6, 6.07) is 0.116. The topological polar surface area (TPSA) is 66.8 Å². The van der Waals surface area contributed by atoms with E-state index in [1.165, 1.54) is 4.90 Å². The van der Waals surface area contributed by atoms with Crippen molar-refractivity contribution in [1.82, 2.24) is 4.90 Å². The molecule has 2 fully saturated rings. The van der Waals surface area contributed by atoms with Crippen LogP contribution in [0.1, 0.15) is 51.9 Å². The minimum absolute atomic E-state index is 0.116.